The van der Waals surface area contributed by atoms with E-state index in [-0.39, 0.29) is 36.8 Å². The van der Waals surface area contributed by atoms with Crippen LogP contribution < -0.4 is 0 Å². The van der Waals surface area contributed by atoms with Crippen molar-refractivity contribution in [3.05, 3.63) is 116 Å². The number of nitro groups is 1. The minimum absolute atomic E-state index is 0.0647. The summed E-state index contributed by atoms with van der Waals surface area (Å²) in [6, 6.07) is 22.2. The summed E-state index contributed by atoms with van der Waals surface area (Å²) >= 11 is 6.28. The molecular formula is C25H19ClN2O4. The summed E-state index contributed by atoms with van der Waals surface area (Å²) in [7, 11) is 0. The molecule has 6 nitrogen and oxygen atoms in total. The van der Waals surface area contributed by atoms with E-state index < -0.39 is 4.92 Å². The van der Waals surface area contributed by atoms with Crippen LogP contribution in [0.25, 0.3) is 5.70 Å². The summed E-state index contributed by atoms with van der Waals surface area (Å²) in [6.45, 7) is 0.283. The smallest absolute Gasteiger partial charge is 0.269 e. The number of benzene rings is 3. The molecule has 3 aromatic rings. The van der Waals surface area contributed by atoms with Gasteiger partial charge in [0, 0.05) is 29.7 Å². The van der Waals surface area contributed by atoms with Gasteiger partial charge >= 0.3 is 0 Å². The minimum atomic E-state index is -0.484. The van der Waals surface area contributed by atoms with Gasteiger partial charge in [-0.3, -0.25) is 19.7 Å². The van der Waals surface area contributed by atoms with Crippen LogP contribution in [0.15, 0.2) is 84.4 Å². The lowest BCUT2D eigenvalue weighted by Crippen LogP contribution is -2.34. The monoisotopic (exact) mass is 446 g/mol. The van der Waals surface area contributed by atoms with Gasteiger partial charge < -0.3 is 4.90 Å². The normalized spacial score (nSPS) is 13.9. The van der Waals surface area contributed by atoms with E-state index in [1.807, 2.05) is 30.3 Å². The first-order valence-corrected chi connectivity index (χ1v) is 10.4. The Bertz CT molecular complexity index is 1220. The number of rotatable bonds is 6. The van der Waals surface area contributed by atoms with E-state index >= 15 is 0 Å². The van der Waals surface area contributed by atoms with E-state index in [0.717, 1.165) is 5.56 Å². The van der Waals surface area contributed by atoms with E-state index in [1.54, 1.807) is 41.3 Å². The third kappa shape index (κ3) is 4.31. The Morgan fingerprint density at radius 1 is 0.938 bits per heavy atom. The molecule has 0 aliphatic carbocycles. The van der Waals surface area contributed by atoms with Crippen LogP contribution in [0, 0.1) is 10.1 Å². The summed E-state index contributed by atoms with van der Waals surface area (Å²) in [5.41, 5.74) is 2.69. The van der Waals surface area contributed by atoms with E-state index in [2.05, 4.69) is 0 Å². The molecule has 4 rings (SSSR count). The second kappa shape index (κ2) is 9.16. The summed E-state index contributed by atoms with van der Waals surface area (Å²) in [5.74, 6) is -0.368. The topological polar surface area (TPSA) is 80.5 Å². The first-order valence-electron chi connectivity index (χ1n) is 10.1. The van der Waals surface area contributed by atoms with Gasteiger partial charge in [0.2, 0.25) is 5.91 Å². The fraction of sp³-hybridized carbons (Fsp3) is 0.120. The highest BCUT2D eigenvalue weighted by Crippen LogP contribution is 2.36. The Morgan fingerprint density at radius 3 is 2.25 bits per heavy atom. The first-order chi connectivity index (χ1) is 15.5. The van der Waals surface area contributed by atoms with Gasteiger partial charge in [-0.2, -0.15) is 0 Å². The Labute approximate surface area is 189 Å². The van der Waals surface area contributed by atoms with E-state index in [4.69, 9.17) is 11.6 Å². The quantitative estimate of drug-likeness (QED) is 0.278. The van der Waals surface area contributed by atoms with Crippen LogP contribution in [0.1, 0.15) is 34.3 Å². The first kappa shape index (κ1) is 21.5. The number of ketones is 1. The molecule has 0 N–H and O–H groups in total. The third-order valence-corrected chi connectivity index (χ3v) is 5.70. The van der Waals surface area contributed by atoms with E-state index in [0.29, 0.717) is 27.4 Å². The Morgan fingerprint density at radius 2 is 1.59 bits per heavy atom. The van der Waals surface area contributed by atoms with Crippen molar-refractivity contribution in [1.82, 2.24) is 4.90 Å². The second-order valence-corrected chi connectivity index (χ2v) is 7.81. The molecule has 1 aliphatic heterocycles. The summed E-state index contributed by atoms with van der Waals surface area (Å²) in [6.07, 6.45) is 0.454. The molecule has 0 saturated heterocycles. The van der Waals surface area contributed by atoms with Gasteiger partial charge in [-0.25, -0.2) is 0 Å². The number of hydrogen-bond acceptors (Lipinski definition) is 4. The lowest BCUT2D eigenvalue weighted by Gasteiger charge is -2.32. The highest BCUT2D eigenvalue weighted by atomic mass is 35.5. The molecule has 0 fully saturated rings. The predicted molar refractivity (Wildman–Crippen MR) is 122 cm³/mol. The maximum absolute atomic E-state index is 13.5. The van der Waals surface area contributed by atoms with Gasteiger partial charge in [0.15, 0.2) is 5.78 Å². The number of hydrogen-bond donors (Lipinski definition) is 0. The lowest BCUT2D eigenvalue weighted by molar-refractivity contribution is -0.384. The van der Waals surface area contributed by atoms with Gasteiger partial charge in [-0.1, -0.05) is 54.1 Å². The third-order valence-electron chi connectivity index (χ3n) is 5.37. The number of carbonyl (C=O) groups excluding carboxylic acids is 2. The highest BCUT2D eigenvalue weighted by molar-refractivity contribution is 6.35. The number of non-ortho nitro benzene ring substituents is 1. The van der Waals surface area contributed by atoms with Crippen LogP contribution in [-0.2, 0) is 11.3 Å². The predicted octanol–water partition coefficient (Wildman–Crippen LogP) is 5.66. The number of nitro benzene ring substituents is 1. The van der Waals surface area contributed by atoms with E-state index in [9.17, 15) is 19.7 Å². The van der Waals surface area contributed by atoms with Gasteiger partial charge in [0.1, 0.15) is 0 Å². The van der Waals surface area contributed by atoms with Crippen molar-refractivity contribution in [2.75, 3.05) is 0 Å². The molecule has 7 heteroatoms. The van der Waals surface area contributed by atoms with Crippen LogP contribution in [0.2, 0.25) is 5.02 Å². The van der Waals surface area contributed by atoms with Crippen molar-refractivity contribution in [3.8, 4) is 0 Å². The zero-order valence-corrected chi connectivity index (χ0v) is 17.8. The van der Waals surface area contributed by atoms with Gasteiger partial charge in [-0.05, 0) is 41.8 Å². The van der Waals surface area contributed by atoms with Gasteiger partial charge in [0.05, 0.1) is 22.2 Å². The molecule has 0 saturated carbocycles. The minimum Gasteiger partial charge on any atom is -0.307 e. The van der Waals surface area contributed by atoms with E-state index in [1.165, 1.54) is 12.1 Å². The molecule has 1 aliphatic rings. The van der Waals surface area contributed by atoms with Crippen LogP contribution in [-0.4, -0.2) is 21.5 Å². The zero-order chi connectivity index (χ0) is 22.7. The molecule has 0 atom stereocenters. The summed E-state index contributed by atoms with van der Waals surface area (Å²) in [5, 5.41) is 11.4. The van der Waals surface area contributed by atoms with Crippen molar-refractivity contribution >= 4 is 34.7 Å². The average molecular weight is 447 g/mol. The highest BCUT2D eigenvalue weighted by Gasteiger charge is 2.32. The molecule has 3 aromatic carbocycles. The number of allylic oxidation sites excluding steroid dienone is 1. The van der Waals surface area contributed by atoms with Crippen molar-refractivity contribution in [2.45, 2.75) is 19.4 Å². The largest absolute Gasteiger partial charge is 0.307 e. The summed E-state index contributed by atoms with van der Waals surface area (Å²) in [4.78, 5) is 38.7. The van der Waals surface area contributed by atoms with Crippen LogP contribution in [0.3, 0.4) is 0 Å². The molecule has 32 heavy (non-hydrogen) atoms. The van der Waals surface area contributed by atoms with Crippen molar-refractivity contribution in [2.24, 2.45) is 0 Å². The van der Waals surface area contributed by atoms with Crippen LogP contribution in [0.4, 0.5) is 5.69 Å². The number of nitrogens with zero attached hydrogens (tertiary/aromatic N) is 2. The Hall–Kier alpha value is -3.77. The van der Waals surface area contributed by atoms with Crippen molar-refractivity contribution in [1.29, 1.82) is 0 Å². The van der Waals surface area contributed by atoms with Gasteiger partial charge in [0.25, 0.3) is 5.69 Å². The van der Waals surface area contributed by atoms with Crippen molar-refractivity contribution in [3.63, 3.8) is 0 Å². The Balaban J connectivity index is 1.87. The molecular weight excluding hydrogens is 428 g/mol. The Kier molecular flexibility index (Phi) is 6.14. The molecule has 0 spiro atoms. The maximum Gasteiger partial charge on any atom is 0.269 e. The van der Waals surface area contributed by atoms with Crippen LogP contribution in [0.5, 0.6) is 0 Å². The second-order valence-electron chi connectivity index (χ2n) is 7.41. The lowest BCUT2D eigenvalue weighted by atomic mass is 9.90. The standard InChI is InChI=1S/C25H19ClN2O4/c26-22-9-5-4-8-20(22)25(30)21-14-15-23(29)27(16-17-6-2-1-3-7-17)24(21)18-10-12-19(13-11-18)28(31)32/h1-13H,14-16H2. The maximum atomic E-state index is 13.5. The molecule has 1 heterocycles. The molecule has 0 bridgehead atoms. The fourth-order valence-corrected chi connectivity index (χ4v) is 4.03. The number of carbonyl (C=O) groups is 2. The number of halogens is 1. The molecule has 0 aromatic heterocycles. The SMILES string of the molecule is O=C(C1=C(c2ccc([N+](=O)[O-])cc2)N(Cc2ccccc2)C(=O)CC1)c1ccccc1Cl. The molecule has 1 amide bonds. The van der Waals surface area contributed by atoms with Gasteiger partial charge in [-0.15, -0.1) is 0 Å². The molecule has 0 radical (unpaired) electrons. The van der Waals surface area contributed by atoms with Crippen molar-refractivity contribution < 1.29 is 14.5 Å². The van der Waals surface area contributed by atoms with Crippen LogP contribution >= 0.6 is 11.6 Å². The zero-order valence-electron chi connectivity index (χ0n) is 17.0. The fourth-order valence-electron chi connectivity index (χ4n) is 3.81. The summed E-state index contributed by atoms with van der Waals surface area (Å²) < 4.78 is 0. The number of amides is 1. The number of Topliss-reactive ketones (excluding diaryl/α,β-unsaturated/α-hetero) is 1. The molecule has 0 unspecified atom stereocenters. The molecule has 160 valence electrons. The average Bonchev–Trinajstić information content (AvgIpc) is 2.81.